The summed E-state index contributed by atoms with van der Waals surface area (Å²) in [5.74, 6) is 1.37. The molecular formula is C35H30N10O4. The number of carbonyl (C=O) groups is 1. The molecule has 0 spiro atoms. The molecule has 14 nitrogen and oxygen atoms in total. The first-order valence-electron chi connectivity index (χ1n) is 14.8. The zero-order valence-corrected chi connectivity index (χ0v) is 26.9. The molecule has 1 aliphatic rings. The molecular weight excluding hydrogens is 624 g/mol. The van der Waals surface area contributed by atoms with Crippen molar-refractivity contribution in [2.24, 2.45) is 4.99 Å². The molecule has 1 atom stereocenters. The zero-order valence-electron chi connectivity index (χ0n) is 26.9. The molecule has 1 unspecified atom stereocenters. The minimum absolute atomic E-state index is 0.00232. The largest absolute Gasteiger partial charge is 0.497 e. The van der Waals surface area contributed by atoms with Crippen molar-refractivity contribution in [3.63, 3.8) is 0 Å². The van der Waals surface area contributed by atoms with Crippen molar-refractivity contribution in [3.8, 4) is 51.9 Å². The van der Waals surface area contributed by atoms with E-state index in [1.165, 1.54) is 4.68 Å². The summed E-state index contributed by atoms with van der Waals surface area (Å²) in [6, 6.07) is 24.4. The van der Waals surface area contributed by atoms with Gasteiger partial charge >= 0.3 is 0 Å². The second-order valence-electron chi connectivity index (χ2n) is 10.8. The summed E-state index contributed by atoms with van der Waals surface area (Å²) in [5.41, 5.74) is 15.7. The summed E-state index contributed by atoms with van der Waals surface area (Å²) in [7, 11) is 4.66. The minimum atomic E-state index is -0.908. The maximum atomic E-state index is 14.6. The molecule has 3 heterocycles. The van der Waals surface area contributed by atoms with E-state index in [0.29, 0.717) is 45.3 Å². The first-order valence-corrected chi connectivity index (χ1v) is 14.8. The third-order valence-electron chi connectivity index (χ3n) is 8.06. The third-order valence-corrected chi connectivity index (χ3v) is 8.06. The van der Waals surface area contributed by atoms with Gasteiger partial charge in [-0.25, -0.2) is 4.99 Å². The Morgan fingerprint density at radius 3 is 1.73 bits per heavy atom. The Kier molecular flexibility index (Phi) is 8.45. The van der Waals surface area contributed by atoms with E-state index in [9.17, 15) is 15.3 Å². The monoisotopic (exact) mass is 654 g/mol. The Labute approximate surface area is 281 Å². The Bertz CT molecular complexity index is 2220. The van der Waals surface area contributed by atoms with Crippen LogP contribution < -0.4 is 31.0 Å². The van der Waals surface area contributed by atoms with Crippen molar-refractivity contribution >= 4 is 23.5 Å². The molecule has 0 saturated carbocycles. The summed E-state index contributed by atoms with van der Waals surface area (Å²) in [6.07, 6.45) is 0. The second-order valence-corrected chi connectivity index (χ2v) is 10.8. The van der Waals surface area contributed by atoms with E-state index in [-0.39, 0.29) is 40.0 Å². The number of aliphatic imine (C=N–C) groups is 1. The van der Waals surface area contributed by atoms with Crippen LogP contribution in [0.15, 0.2) is 89.1 Å². The van der Waals surface area contributed by atoms with Gasteiger partial charge in [0, 0.05) is 16.8 Å². The first kappa shape index (κ1) is 31.9. The van der Waals surface area contributed by atoms with Crippen molar-refractivity contribution in [1.29, 1.82) is 10.5 Å². The number of methoxy groups -OCH3 is 3. The minimum Gasteiger partial charge on any atom is -0.497 e. The Morgan fingerprint density at radius 1 is 0.755 bits per heavy atom. The highest BCUT2D eigenvalue weighted by Crippen LogP contribution is 2.37. The fraction of sp³-hybridized carbons (Fsp3) is 0.143. The summed E-state index contributed by atoms with van der Waals surface area (Å²) < 4.78 is 18.5. The number of nitriles is 2. The van der Waals surface area contributed by atoms with Crippen LogP contribution in [0.2, 0.25) is 0 Å². The first-order chi connectivity index (χ1) is 23.7. The van der Waals surface area contributed by atoms with Crippen molar-refractivity contribution in [2.45, 2.75) is 13.0 Å². The standard InChI is InChI=1S/C35H30N10O4/c1-19-28(34(46)44-30(26(17-36)32(38)42-44)21-7-13-24(48-3)14-8-21)29(20-5-11-23(47-2)12-6-20)41-35(40-19)45-31(27(18-37)33(39)43-45)22-9-15-25(49-4)16-10-22/h5-16,29H,1-4H3,(H2,38,42)(H2,39,43)(H,40,41). The highest BCUT2D eigenvalue weighted by Gasteiger charge is 2.35. The van der Waals surface area contributed by atoms with Crippen LogP contribution in [0.5, 0.6) is 17.2 Å². The van der Waals surface area contributed by atoms with Gasteiger partial charge in [-0.1, -0.05) is 12.1 Å². The van der Waals surface area contributed by atoms with Crippen LogP contribution in [0.1, 0.15) is 34.5 Å². The lowest BCUT2D eigenvalue weighted by molar-refractivity contribution is 0.0933. The van der Waals surface area contributed by atoms with Crippen LogP contribution in [0.25, 0.3) is 22.5 Å². The van der Waals surface area contributed by atoms with E-state index in [1.807, 2.05) is 0 Å². The molecule has 0 radical (unpaired) electrons. The number of nitrogens with two attached hydrogens (primary N) is 2. The molecule has 0 saturated heterocycles. The number of hydrogen-bond donors (Lipinski definition) is 3. The van der Waals surface area contributed by atoms with Gasteiger partial charge in [0.25, 0.3) is 5.91 Å². The molecule has 3 aromatic carbocycles. The molecule has 1 aliphatic heterocycles. The fourth-order valence-corrected chi connectivity index (χ4v) is 5.61. The number of anilines is 2. The number of allylic oxidation sites excluding steroid dienone is 1. The van der Waals surface area contributed by atoms with E-state index in [2.05, 4.69) is 27.7 Å². The summed E-state index contributed by atoms with van der Waals surface area (Å²) in [6.45, 7) is 1.72. The summed E-state index contributed by atoms with van der Waals surface area (Å²) in [5, 5.41) is 32.1. The quantitative estimate of drug-likeness (QED) is 0.223. The highest BCUT2D eigenvalue weighted by atomic mass is 16.5. The Balaban J connectivity index is 1.52. The molecule has 14 heteroatoms. The van der Waals surface area contributed by atoms with E-state index in [4.69, 9.17) is 30.7 Å². The van der Waals surface area contributed by atoms with Gasteiger partial charge in [-0.2, -0.15) is 19.9 Å². The average molecular weight is 655 g/mol. The van der Waals surface area contributed by atoms with Crippen LogP contribution in [0, 0.1) is 22.7 Å². The lowest BCUT2D eigenvalue weighted by Crippen LogP contribution is -2.38. The van der Waals surface area contributed by atoms with Crippen LogP contribution in [-0.4, -0.2) is 52.8 Å². The second kappa shape index (κ2) is 13.0. The molecule has 0 amide bonds. The SMILES string of the molecule is COc1ccc(-c2c(C#N)c(N)nn2C(=O)C2=C(C)NC(n3nc(N)c(C#N)c3-c3ccc(OC)cc3)=NC2c2ccc(OC)cc2)cc1. The smallest absolute Gasteiger partial charge is 0.279 e. The molecule has 0 aliphatic carbocycles. The van der Waals surface area contributed by atoms with Gasteiger partial charge in [0.2, 0.25) is 5.96 Å². The van der Waals surface area contributed by atoms with Crippen molar-refractivity contribution < 1.29 is 19.0 Å². The Hall–Kier alpha value is -7.06. The number of benzene rings is 3. The number of carbonyl (C=O) groups excluding carboxylic acids is 1. The van der Waals surface area contributed by atoms with Gasteiger partial charge in [-0.15, -0.1) is 10.2 Å². The number of rotatable bonds is 7. The van der Waals surface area contributed by atoms with Gasteiger partial charge in [0.15, 0.2) is 11.6 Å². The average Bonchev–Trinajstić information content (AvgIpc) is 3.66. The Morgan fingerprint density at radius 2 is 1.22 bits per heavy atom. The van der Waals surface area contributed by atoms with Gasteiger partial charge < -0.3 is 31.0 Å². The summed E-state index contributed by atoms with van der Waals surface area (Å²) >= 11 is 0. The number of aromatic nitrogens is 4. The van der Waals surface area contributed by atoms with Crippen LogP contribution in [0.4, 0.5) is 11.6 Å². The van der Waals surface area contributed by atoms with Crippen LogP contribution >= 0.6 is 0 Å². The predicted octanol–water partition coefficient (Wildman–Crippen LogP) is 4.51. The molecule has 5 N–H and O–H groups in total. The lowest BCUT2D eigenvalue weighted by atomic mass is 9.95. The third kappa shape index (κ3) is 5.64. The van der Waals surface area contributed by atoms with E-state index in [1.54, 1.807) is 101 Å². The summed E-state index contributed by atoms with van der Waals surface area (Å²) in [4.78, 5) is 19.6. The number of ether oxygens (including phenoxy) is 3. The van der Waals surface area contributed by atoms with Crippen molar-refractivity contribution in [1.82, 2.24) is 24.9 Å². The van der Waals surface area contributed by atoms with Gasteiger partial charge in [0.1, 0.15) is 46.6 Å². The normalized spacial score (nSPS) is 13.9. The van der Waals surface area contributed by atoms with Crippen LogP contribution in [0.3, 0.4) is 0 Å². The number of nitrogen functional groups attached to an aromatic ring is 2. The number of nitrogens with one attached hydrogen (secondary N) is 1. The van der Waals surface area contributed by atoms with Crippen LogP contribution in [-0.2, 0) is 0 Å². The lowest BCUT2D eigenvalue weighted by Gasteiger charge is -2.27. The van der Waals surface area contributed by atoms with Crippen molar-refractivity contribution in [2.75, 3.05) is 32.8 Å². The molecule has 5 aromatic rings. The topological polar surface area (TPSA) is 204 Å². The van der Waals surface area contributed by atoms with E-state index in [0.717, 1.165) is 4.68 Å². The molecule has 0 fully saturated rings. The van der Waals surface area contributed by atoms with Gasteiger partial charge in [0.05, 0.1) is 38.3 Å². The van der Waals surface area contributed by atoms with Crippen molar-refractivity contribution in [3.05, 3.63) is 101 Å². The van der Waals surface area contributed by atoms with E-state index < -0.39 is 11.9 Å². The van der Waals surface area contributed by atoms with Gasteiger partial charge in [-0.05, 0) is 73.2 Å². The predicted molar refractivity (Wildman–Crippen MR) is 182 cm³/mol. The fourth-order valence-electron chi connectivity index (χ4n) is 5.61. The molecule has 6 rings (SSSR count). The number of hydrogen-bond acceptors (Lipinski definition) is 12. The maximum absolute atomic E-state index is 14.6. The molecule has 0 bridgehead atoms. The maximum Gasteiger partial charge on any atom is 0.279 e. The molecule has 244 valence electrons. The zero-order chi connectivity index (χ0) is 34.8. The molecule has 2 aromatic heterocycles. The highest BCUT2D eigenvalue weighted by molar-refractivity contribution is 6.03. The van der Waals surface area contributed by atoms with Gasteiger partial charge in [-0.3, -0.25) is 4.79 Å². The molecule has 49 heavy (non-hydrogen) atoms. The van der Waals surface area contributed by atoms with E-state index >= 15 is 0 Å². The number of nitrogens with zero attached hydrogens (tertiary/aromatic N) is 7.